The Morgan fingerprint density at radius 3 is 2.22 bits per heavy atom. The zero-order valence-corrected chi connectivity index (χ0v) is 13.0. The number of carbonyl (C=O) groups excluding carboxylic acids is 2. The molecule has 0 aromatic heterocycles. The Morgan fingerprint density at radius 2 is 1.83 bits per heavy atom. The summed E-state index contributed by atoms with van der Waals surface area (Å²) in [4.78, 5) is 23.6. The van der Waals surface area contributed by atoms with Gasteiger partial charge in [-0.15, -0.1) is 0 Å². The first-order chi connectivity index (χ1) is 8.21. The van der Waals surface area contributed by atoms with E-state index in [2.05, 4.69) is 5.32 Å². The molecule has 1 N–H and O–H groups in total. The van der Waals surface area contributed by atoms with Gasteiger partial charge in [0.15, 0.2) is 0 Å². The van der Waals surface area contributed by atoms with E-state index in [0.717, 1.165) is 6.42 Å². The molecule has 1 amide bonds. The van der Waals surface area contributed by atoms with Gasteiger partial charge in [0.25, 0.3) is 0 Å². The van der Waals surface area contributed by atoms with Crippen LogP contribution in [0.1, 0.15) is 48.0 Å². The molecule has 0 spiro atoms. The van der Waals surface area contributed by atoms with E-state index in [4.69, 9.17) is 4.74 Å². The largest absolute Gasteiger partial charge is 0.444 e. The molecule has 0 saturated carbocycles. The van der Waals surface area contributed by atoms with Gasteiger partial charge in [-0.25, -0.2) is 4.79 Å². The SMILES string of the molecule is CCSC(=O)[C@@H](NC(=O)OC(C)(C)C)[C@@H](C)CC. The molecule has 0 aliphatic rings. The van der Waals surface area contributed by atoms with Gasteiger partial charge in [0.2, 0.25) is 5.12 Å². The molecule has 0 heterocycles. The molecule has 0 aliphatic carbocycles. The fraction of sp³-hybridized carbons (Fsp3) is 0.846. The smallest absolute Gasteiger partial charge is 0.408 e. The first-order valence-electron chi connectivity index (χ1n) is 6.37. The lowest BCUT2D eigenvalue weighted by molar-refractivity contribution is -0.113. The lowest BCUT2D eigenvalue weighted by atomic mass is 10.0. The molecule has 2 atom stereocenters. The maximum atomic E-state index is 11.9. The van der Waals surface area contributed by atoms with Crippen LogP contribution in [0.5, 0.6) is 0 Å². The monoisotopic (exact) mass is 275 g/mol. The van der Waals surface area contributed by atoms with Gasteiger partial charge in [-0.2, -0.15) is 0 Å². The number of carbonyl (C=O) groups is 2. The van der Waals surface area contributed by atoms with Crippen molar-refractivity contribution >= 4 is 23.0 Å². The first-order valence-corrected chi connectivity index (χ1v) is 7.36. The number of hydrogen-bond donors (Lipinski definition) is 1. The number of thioether (sulfide) groups is 1. The molecule has 0 radical (unpaired) electrons. The summed E-state index contributed by atoms with van der Waals surface area (Å²) in [7, 11) is 0. The van der Waals surface area contributed by atoms with Crippen LogP contribution in [0, 0.1) is 5.92 Å². The fourth-order valence-corrected chi connectivity index (χ4v) is 2.09. The summed E-state index contributed by atoms with van der Waals surface area (Å²) in [5.74, 6) is 0.811. The molecule has 0 unspecified atom stereocenters. The quantitative estimate of drug-likeness (QED) is 0.837. The van der Waals surface area contributed by atoms with Gasteiger partial charge in [-0.1, -0.05) is 39.0 Å². The van der Waals surface area contributed by atoms with Crippen LogP contribution in [-0.2, 0) is 9.53 Å². The van der Waals surface area contributed by atoms with Crippen LogP contribution in [0.25, 0.3) is 0 Å². The molecule has 106 valence electrons. The highest BCUT2D eigenvalue weighted by Crippen LogP contribution is 2.16. The molecule has 0 bridgehead atoms. The first kappa shape index (κ1) is 17.3. The minimum absolute atomic E-state index is 0.00212. The minimum atomic E-state index is -0.551. The Balaban J connectivity index is 4.59. The summed E-state index contributed by atoms with van der Waals surface area (Å²) in [6, 6.07) is -0.477. The molecule has 0 rings (SSSR count). The number of rotatable bonds is 5. The Hall–Kier alpha value is -0.710. The Kier molecular flexibility index (Phi) is 7.36. The number of amides is 1. The highest BCUT2D eigenvalue weighted by atomic mass is 32.2. The maximum absolute atomic E-state index is 11.9. The van der Waals surface area contributed by atoms with Gasteiger partial charge >= 0.3 is 6.09 Å². The molecule has 0 aliphatic heterocycles. The number of alkyl carbamates (subject to hydrolysis) is 1. The van der Waals surface area contributed by atoms with Gasteiger partial charge in [-0.3, -0.25) is 4.79 Å². The van der Waals surface area contributed by atoms with Crippen LogP contribution in [-0.4, -0.2) is 28.6 Å². The van der Waals surface area contributed by atoms with E-state index in [0.29, 0.717) is 5.75 Å². The second kappa shape index (κ2) is 7.67. The molecule has 18 heavy (non-hydrogen) atoms. The van der Waals surface area contributed by atoms with E-state index < -0.39 is 17.7 Å². The normalized spacial score (nSPS) is 14.8. The summed E-state index contributed by atoms with van der Waals surface area (Å²) < 4.78 is 5.18. The third-order valence-electron chi connectivity index (χ3n) is 2.43. The predicted molar refractivity (Wildman–Crippen MR) is 75.8 cm³/mol. The molecule has 0 aromatic carbocycles. The van der Waals surface area contributed by atoms with Gasteiger partial charge in [0.1, 0.15) is 11.6 Å². The van der Waals surface area contributed by atoms with Crippen molar-refractivity contribution in [2.45, 2.75) is 59.6 Å². The van der Waals surface area contributed by atoms with Crippen molar-refractivity contribution in [1.29, 1.82) is 0 Å². The minimum Gasteiger partial charge on any atom is -0.444 e. The summed E-state index contributed by atoms with van der Waals surface area (Å²) in [6.45, 7) is 11.3. The summed E-state index contributed by atoms with van der Waals surface area (Å²) >= 11 is 1.23. The van der Waals surface area contributed by atoms with Crippen molar-refractivity contribution in [2.75, 3.05) is 5.75 Å². The maximum Gasteiger partial charge on any atom is 0.408 e. The third-order valence-corrected chi connectivity index (χ3v) is 3.25. The molecular formula is C13H25NO3S. The Bertz CT molecular complexity index is 286. The van der Waals surface area contributed by atoms with E-state index in [1.54, 1.807) is 20.8 Å². The highest BCUT2D eigenvalue weighted by molar-refractivity contribution is 8.13. The number of nitrogens with one attached hydrogen (secondary N) is 1. The van der Waals surface area contributed by atoms with Crippen LogP contribution in [0.15, 0.2) is 0 Å². The molecule has 0 aromatic rings. The highest BCUT2D eigenvalue weighted by Gasteiger charge is 2.27. The zero-order valence-electron chi connectivity index (χ0n) is 12.2. The summed E-state index contributed by atoms with van der Waals surface area (Å²) in [5.41, 5.74) is -0.551. The fourth-order valence-electron chi connectivity index (χ4n) is 1.34. The van der Waals surface area contributed by atoms with E-state index in [1.165, 1.54) is 11.8 Å². The van der Waals surface area contributed by atoms with Crippen molar-refractivity contribution in [3.63, 3.8) is 0 Å². The van der Waals surface area contributed by atoms with Crippen LogP contribution in [0.4, 0.5) is 4.79 Å². The van der Waals surface area contributed by atoms with E-state index in [9.17, 15) is 9.59 Å². The van der Waals surface area contributed by atoms with Crippen molar-refractivity contribution < 1.29 is 14.3 Å². The Morgan fingerprint density at radius 1 is 1.28 bits per heavy atom. The van der Waals surface area contributed by atoms with Crippen molar-refractivity contribution in [3.05, 3.63) is 0 Å². The average molecular weight is 275 g/mol. The second-order valence-corrected chi connectivity index (χ2v) is 6.53. The molecule has 4 nitrogen and oxygen atoms in total. The third kappa shape index (κ3) is 6.89. The standard InChI is InChI=1S/C13H25NO3S/c1-7-9(3)10(11(15)18-8-2)14-12(16)17-13(4,5)6/h9-10H,7-8H2,1-6H3,(H,14,16)/t9-,10-/m0/s1. The zero-order chi connectivity index (χ0) is 14.3. The van der Waals surface area contributed by atoms with Crippen LogP contribution < -0.4 is 5.32 Å². The van der Waals surface area contributed by atoms with Gasteiger partial charge < -0.3 is 10.1 Å². The van der Waals surface area contributed by atoms with Crippen LogP contribution in [0.2, 0.25) is 0 Å². The summed E-state index contributed by atoms with van der Waals surface area (Å²) in [5, 5.41) is 2.68. The average Bonchev–Trinajstić information content (AvgIpc) is 2.22. The predicted octanol–water partition coefficient (Wildman–Crippen LogP) is 3.21. The topological polar surface area (TPSA) is 55.4 Å². The van der Waals surface area contributed by atoms with Gasteiger partial charge in [0, 0.05) is 0 Å². The van der Waals surface area contributed by atoms with E-state index >= 15 is 0 Å². The molecule has 0 saturated heterocycles. The van der Waals surface area contributed by atoms with Gasteiger partial charge in [-0.05, 0) is 32.4 Å². The summed E-state index contributed by atoms with van der Waals surface area (Å²) in [6.07, 6.45) is 0.300. The molecule has 5 heteroatoms. The van der Waals surface area contributed by atoms with Crippen molar-refractivity contribution in [1.82, 2.24) is 5.32 Å². The number of ether oxygens (including phenoxy) is 1. The Labute approximate surface area is 114 Å². The lowest BCUT2D eigenvalue weighted by Gasteiger charge is -2.25. The van der Waals surface area contributed by atoms with Crippen molar-refractivity contribution in [2.24, 2.45) is 5.92 Å². The number of hydrogen-bond acceptors (Lipinski definition) is 4. The van der Waals surface area contributed by atoms with Crippen LogP contribution >= 0.6 is 11.8 Å². The van der Waals surface area contributed by atoms with E-state index in [-0.39, 0.29) is 11.0 Å². The van der Waals surface area contributed by atoms with E-state index in [1.807, 2.05) is 20.8 Å². The van der Waals surface area contributed by atoms with Crippen molar-refractivity contribution in [3.8, 4) is 0 Å². The molecular weight excluding hydrogens is 250 g/mol. The van der Waals surface area contributed by atoms with Gasteiger partial charge in [0.05, 0.1) is 0 Å². The molecule has 0 fully saturated rings. The second-order valence-electron chi connectivity index (χ2n) is 5.26. The van der Waals surface area contributed by atoms with Crippen LogP contribution in [0.3, 0.4) is 0 Å². The lowest BCUT2D eigenvalue weighted by Crippen LogP contribution is -2.46.